The van der Waals surface area contributed by atoms with E-state index in [1.165, 1.54) is 6.92 Å². The molecule has 15 heavy (non-hydrogen) atoms. The Morgan fingerprint density at radius 3 is 2.27 bits per heavy atom. The third-order valence-corrected chi connectivity index (χ3v) is 2.93. The smallest absolute Gasteiger partial charge is 0.216 e. The van der Waals surface area contributed by atoms with Crippen LogP contribution in [-0.4, -0.2) is 70.6 Å². The van der Waals surface area contributed by atoms with Crippen LogP contribution in [0.2, 0.25) is 0 Å². The molecule has 4 N–H and O–H groups in total. The molecule has 4 atom stereocenters. The Balaban J connectivity index is 2.61. The molecule has 0 spiro atoms. The van der Waals surface area contributed by atoms with Crippen LogP contribution in [0.15, 0.2) is 0 Å². The fourth-order valence-electron chi connectivity index (χ4n) is 1.93. The first kappa shape index (κ1) is 12.4. The highest BCUT2D eigenvalue weighted by atomic mass is 16.3. The van der Waals surface area contributed by atoms with Crippen LogP contribution in [-0.2, 0) is 4.79 Å². The second-order valence-electron chi connectivity index (χ2n) is 3.90. The first-order chi connectivity index (χ1) is 6.99. The summed E-state index contributed by atoms with van der Waals surface area (Å²) in [7, 11) is 1.70. The lowest BCUT2D eigenvalue weighted by Gasteiger charge is -2.24. The molecule has 0 aromatic carbocycles. The lowest BCUT2D eigenvalue weighted by atomic mass is 10.1. The van der Waals surface area contributed by atoms with Gasteiger partial charge >= 0.3 is 0 Å². The van der Waals surface area contributed by atoms with E-state index in [0.29, 0.717) is 0 Å². The van der Waals surface area contributed by atoms with Crippen LogP contribution in [0.4, 0.5) is 0 Å². The molecule has 1 rings (SSSR count). The molecule has 0 unspecified atom stereocenters. The van der Waals surface area contributed by atoms with E-state index in [2.05, 4.69) is 5.32 Å². The first-order valence-electron chi connectivity index (χ1n) is 4.92. The normalized spacial score (nSPS) is 36.9. The van der Waals surface area contributed by atoms with Gasteiger partial charge in [-0.15, -0.1) is 0 Å². The molecule has 6 nitrogen and oxygen atoms in total. The van der Waals surface area contributed by atoms with Gasteiger partial charge in [-0.1, -0.05) is 0 Å². The van der Waals surface area contributed by atoms with E-state index in [0.717, 1.165) is 0 Å². The average Bonchev–Trinajstić information content (AvgIpc) is 2.36. The number of aliphatic hydroxyl groups is 3. The summed E-state index contributed by atoms with van der Waals surface area (Å²) in [5.74, 6) is -0.183. The maximum absolute atomic E-state index is 10.7. The zero-order chi connectivity index (χ0) is 11.6. The van der Waals surface area contributed by atoms with Crippen molar-refractivity contribution in [3.05, 3.63) is 0 Å². The summed E-state index contributed by atoms with van der Waals surface area (Å²) in [5.41, 5.74) is 0. The number of likely N-dealkylation sites (tertiary alicyclic amines) is 1. The molecular formula is C9H18N2O4. The number of hydrogen-bond acceptors (Lipinski definition) is 5. The van der Waals surface area contributed by atoms with Gasteiger partial charge in [-0.25, -0.2) is 0 Å². The molecule has 1 heterocycles. The van der Waals surface area contributed by atoms with E-state index in [1.807, 2.05) is 0 Å². The maximum Gasteiger partial charge on any atom is 0.216 e. The van der Waals surface area contributed by atoms with Crippen molar-refractivity contribution < 1.29 is 20.1 Å². The van der Waals surface area contributed by atoms with Crippen LogP contribution >= 0.6 is 0 Å². The number of amides is 1. The predicted molar refractivity (Wildman–Crippen MR) is 53.1 cm³/mol. The summed E-state index contributed by atoms with van der Waals surface area (Å²) in [6.07, 6.45) is -1.92. The van der Waals surface area contributed by atoms with Crippen LogP contribution < -0.4 is 5.32 Å². The Hall–Kier alpha value is -0.690. The van der Waals surface area contributed by atoms with Crippen molar-refractivity contribution in [2.24, 2.45) is 0 Å². The van der Waals surface area contributed by atoms with E-state index in [9.17, 15) is 15.0 Å². The molecule has 0 aromatic rings. The van der Waals surface area contributed by atoms with E-state index < -0.39 is 18.2 Å². The third-order valence-electron chi connectivity index (χ3n) is 2.93. The summed E-state index contributed by atoms with van der Waals surface area (Å²) in [6, 6.07) is -0.834. The van der Waals surface area contributed by atoms with Gasteiger partial charge in [0.2, 0.25) is 5.91 Å². The Bertz CT molecular complexity index is 236. The summed E-state index contributed by atoms with van der Waals surface area (Å²) < 4.78 is 0. The number of nitrogens with zero attached hydrogens (tertiary/aromatic N) is 1. The average molecular weight is 218 g/mol. The number of aliphatic hydroxyl groups excluding tert-OH is 3. The monoisotopic (exact) mass is 218 g/mol. The Kier molecular flexibility index (Phi) is 4.04. The molecule has 0 aromatic heterocycles. The fraction of sp³-hybridized carbons (Fsp3) is 0.889. The number of rotatable bonds is 3. The molecule has 0 bridgehead atoms. The van der Waals surface area contributed by atoms with Gasteiger partial charge in [0.1, 0.15) is 0 Å². The highest BCUT2D eigenvalue weighted by Crippen LogP contribution is 2.22. The quantitative estimate of drug-likeness (QED) is 0.421. The molecule has 0 radical (unpaired) electrons. The minimum absolute atomic E-state index is 0.183. The first-order valence-corrected chi connectivity index (χ1v) is 4.92. The van der Waals surface area contributed by atoms with Crippen LogP contribution in [0, 0.1) is 0 Å². The largest absolute Gasteiger partial charge is 0.395 e. The molecule has 6 heteroatoms. The summed E-state index contributed by atoms with van der Waals surface area (Å²) in [5, 5.41) is 30.9. The SMILES string of the molecule is CC(=O)NC[C@H]1[C@@H](O)[C@H](O)[C@@H](CO)N1C. The van der Waals surface area contributed by atoms with Crippen molar-refractivity contribution in [2.45, 2.75) is 31.2 Å². The molecule has 1 fully saturated rings. The van der Waals surface area contributed by atoms with Gasteiger partial charge in [0.15, 0.2) is 0 Å². The van der Waals surface area contributed by atoms with Gasteiger partial charge in [-0.3, -0.25) is 9.69 Å². The van der Waals surface area contributed by atoms with Crippen molar-refractivity contribution in [2.75, 3.05) is 20.2 Å². The topological polar surface area (TPSA) is 93.0 Å². The van der Waals surface area contributed by atoms with Crippen molar-refractivity contribution in [1.29, 1.82) is 0 Å². The van der Waals surface area contributed by atoms with Gasteiger partial charge < -0.3 is 20.6 Å². The maximum atomic E-state index is 10.7. The zero-order valence-electron chi connectivity index (χ0n) is 8.92. The minimum Gasteiger partial charge on any atom is -0.395 e. The third kappa shape index (κ3) is 2.46. The number of carbonyl (C=O) groups excluding carboxylic acids is 1. The molecular weight excluding hydrogens is 200 g/mol. The second kappa shape index (κ2) is 4.89. The fourth-order valence-corrected chi connectivity index (χ4v) is 1.93. The van der Waals surface area contributed by atoms with Crippen molar-refractivity contribution in [1.82, 2.24) is 10.2 Å². The van der Waals surface area contributed by atoms with Gasteiger partial charge in [0.05, 0.1) is 30.9 Å². The molecule has 1 aliphatic heterocycles. The summed E-state index contributed by atoms with van der Waals surface area (Å²) in [4.78, 5) is 12.4. The van der Waals surface area contributed by atoms with Crippen molar-refractivity contribution in [3.8, 4) is 0 Å². The van der Waals surface area contributed by atoms with Crippen LogP contribution in [0.25, 0.3) is 0 Å². The summed E-state index contributed by atoms with van der Waals surface area (Å²) >= 11 is 0. The lowest BCUT2D eigenvalue weighted by molar-refractivity contribution is -0.119. The van der Waals surface area contributed by atoms with Crippen molar-refractivity contribution in [3.63, 3.8) is 0 Å². The second-order valence-corrected chi connectivity index (χ2v) is 3.90. The number of nitrogens with one attached hydrogen (secondary N) is 1. The predicted octanol–water partition coefficient (Wildman–Crippen LogP) is -2.48. The van der Waals surface area contributed by atoms with Gasteiger partial charge in [-0.05, 0) is 7.05 Å². The molecule has 1 amide bonds. The number of likely N-dealkylation sites (N-methyl/N-ethyl adjacent to an activating group) is 1. The molecule has 0 saturated carbocycles. The number of carbonyl (C=O) groups is 1. The Labute approximate surface area is 88.5 Å². The zero-order valence-corrected chi connectivity index (χ0v) is 8.92. The summed E-state index contributed by atoms with van der Waals surface area (Å²) in [6.45, 7) is 1.44. The van der Waals surface area contributed by atoms with E-state index in [-0.39, 0.29) is 25.1 Å². The van der Waals surface area contributed by atoms with Crippen LogP contribution in [0.3, 0.4) is 0 Å². The Morgan fingerprint density at radius 1 is 1.33 bits per heavy atom. The molecule has 1 aliphatic rings. The standard InChI is InChI=1S/C9H18N2O4/c1-5(13)10-3-6-8(14)9(15)7(4-12)11(6)2/h6-9,12,14-15H,3-4H2,1-2H3,(H,10,13)/t6-,7+,8+,9+/m0/s1. The van der Waals surface area contributed by atoms with Crippen LogP contribution in [0.1, 0.15) is 6.92 Å². The molecule has 88 valence electrons. The van der Waals surface area contributed by atoms with Gasteiger partial charge in [0.25, 0.3) is 0 Å². The molecule has 1 saturated heterocycles. The van der Waals surface area contributed by atoms with E-state index in [1.54, 1.807) is 11.9 Å². The van der Waals surface area contributed by atoms with Crippen molar-refractivity contribution >= 4 is 5.91 Å². The number of hydrogen-bond donors (Lipinski definition) is 4. The highest BCUT2D eigenvalue weighted by Gasteiger charge is 2.45. The lowest BCUT2D eigenvalue weighted by Crippen LogP contribution is -2.44. The highest BCUT2D eigenvalue weighted by molar-refractivity contribution is 5.72. The Morgan fingerprint density at radius 2 is 1.87 bits per heavy atom. The van der Waals surface area contributed by atoms with E-state index in [4.69, 9.17) is 5.11 Å². The van der Waals surface area contributed by atoms with Gasteiger partial charge in [0, 0.05) is 13.5 Å². The van der Waals surface area contributed by atoms with Crippen LogP contribution in [0.5, 0.6) is 0 Å². The molecule has 0 aliphatic carbocycles. The minimum atomic E-state index is -0.973. The van der Waals surface area contributed by atoms with Gasteiger partial charge in [-0.2, -0.15) is 0 Å². The van der Waals surface area contributed by atoms with E-state index >= 15 is 0 Å².